The largest absolute Gasteiger partial charge is 0.329 e. The maximum absolute atomic E-state index is 13.0. The summed E-state index contributed by atoms with van der Waals surface area (Å²) in [7, 11) is 0. The Bertz CT molecular complexity index is 1170. The van der Waals surface area contributed by atoms with Crippen molar-refractivity contribution < 1.29 is 0 Å². The first-order valence-corrected chi connectivity index (χ1v) is 9.84. The molecule has 1 N–H and O–H groups in total. The molecule has 0 fully saturated rings. The molecule has 0 radical (unpaired) electrons. The number of hydrogen-bond donors (Lipinski definition) is 1. The molecule has 1 heterocycles. The third kappa shape index (κ3) is 4.26. The maximum atomic E-state index is 13.0. The molecule has 1 aromatic heterocycles. The molecule has 0 atom stereocenters. The van der Waals surface area contributed by atoms with Gasteiger partial charge in [-0.1, -0.05) is 36.9 Å². The number of aryl methyl sites for hydroxylation is 2. The highest BCUT2D eigenvalue weighted by Gasteiger charge is 2.14. The van der Waals surface area contributed by atoms with Gasteiger partial charge < -0.3 is 4.98 Å². The van der Waals surface area contributed by atoms with Crippen molar-refractivity contribution in [3.05, 3.63) is 91.1 Å². The molecule has 6 heteroatoms. The number of aromatic nitrogens is 2. The monoisotopic (exact) mass is 391 g/mol. The highest BCUT2D eigenvalue weighted by atomic mass is 32.2. The Morgan fingerprint density at radius 2 is 1.82 bits per heavy atom. The fraction of sp³-hybridized carbons (Fsp3) is 0.227. The summed E-state index contributed by atoms with van der Waals surface area (Å²) in [4.78, 5) is 29.5. The van der Waals surface area contributed by atoms with E-state index in [1.165, 1.54) is 16.3 Å². The number of aromatic amines is 1. The molecule has 0 spiro atoms. The van der Waals surface area contributed by atoms with Crippen LogP contribution in [-0.2, 0) is 13.0 Å². The van der Waals surface area contributed by atoms with Gasteiger partial charge in [-0.25, -0.2) is 4.79 Å². The van der Waals surface area contributed by atoms with Gasteiger partial charge in [0.2, 0.25) is 0 Å². The van der Waals surface area contributed by atoms with Crippen LogP contribution in [0.3, 0.4) is 0 Å². The third-order valence-corrected chi connectivity index (χ3v) is 5.43. The number of H-pyrrole nitrogens is 1. The molecule has 0 bridgehead atoms. The van der Waals surface area contributed by atoms with Gasteiger partial charge in [-0.2, -0.15) is 5.26 Å². The lowest BCUT2D eigenvalue weighted by atomic mass is 10.1. The van der Waals surface area contributed by atoms with E-state index in [0.29, 0.717) is 22.6 Å². The van der Waals surface area contributed by atoms with Crippen LogP contribution in [-0.4, -0.2) is 9.55 Å². The van der Waals surface area contributed by atoms with Gasteiger partial charge in [-0.3, -0.25) is 9.36 Å². The number of hydrogen-bond acceptors (Lipinski definition) is 4. The van der Waals surface area contributed by atoms with E-state index in [-0.39, 0.29) is 12.1 Å². The van der Waals surface area contributed by atoms with Crippen molar-refractivity contribution in [1.29, 1.82) is 5.26 Å². The minimum atomic E-state index is -0.448. The van der Waals surface area contributed by atoms with Gasteiger partial charge in [0.1, 0.15) is 0 Å². The second-order valence-electron chi connectivity index (χ2n) is 6.72. The zero-order valence-corrected chi connectivity index (χ0v) is 16.9. The Balaban J connectivity index is 2.02. The number of benzene rings is 2. The van der Waals surface area contributed by atoms with E-state index in [1.807, 2.05) is 32.9 Å². The molecule has 0 amide bonds. The lowest BCUT2D eigenvalue weighted by Crippen LogP contribution is -2.38. The summed E-state index contributed by atoms with van der Waals surface area (Å²) in [5, 5.41) is 9.63. The maximum Gasteiger partial charge on any atom is 0.329 e. The van der Waals surface area contributed by atoms with Crippen molar-refractivity contribution in [1.82, 2.24) is 9.55 Å². The van der Waals surface area contributed by atoms with Gasteiger partial charge in [0.05, 0.1) is 23.2 Å². The molecule has 0 saturated heterocycles. The smallest absolute Gasteiger partial charge is 0.301 e. The summed E-state index contributed by atoms with van der Waals surface area (Å²) in [6.45, 7) is 6.08. The van der Waals surface area contributed by atoms with Crippen molar-refractivity contribution in [2.75, 3.05) is 0 Å². The van der Waals surface area contributed by atoms with Crippen molar-refractivity contribution in [3.63, 3.8) is 0 Å². The summed E-state index contributed by atoms with van der Waals surface area (Å²) in [6.07, 6.45) is 0.515. The first-order chi connectivity index (χ1) is 13.4. The highest BCUT2D eigenvalue weighted by Crippen LogP contribution is 2.28. The van der Waals surface area contributed by atoms with Gasteiger partial charge in [0.15, 0.2) is 0 Å². The van der Waals surface area contributed by atoms with Crippen LogP contribution in [0.2, 0.25) is 0 Å². The second kappa shape index (κ2) is 8.32. The molecular weight excluding hydrogens is 370 g/mol. The Morgan fingerprint density at radius 3 is 2.46 bits per heavy atom. The number of rotatable bonds is 5. The van der Waals surface area contributed by atoms with E-state index in [2.05, 4.69) is 17.1 Å². The quantitative estimate of drug-likeness (QED) is 0.671. The molecule has 5 nitrogen and oxygen atoms in total. The lowest BCUT2D eigenvalue weighted by Gasteiger charge is -2.12. The lowest BCUT2D eigenvalue weighted by molar-refractivity contribution is 0.663. The number of nitrogens with zero attached hydrogens (tertiary/aromatic N) is 2. The number of nitrogens with one attached hydrogen (secondary N) is 1. The second-order valence-corrected chi connectivity index (χ2v) is 7.80. The molecule has 3 rings (SSSR count). The molecular formula is C22H21N3O2S. The molecule has 0 saturated carbocycles. The minimum Gasteiger partial charge on any atom is -0.301 e. The third-order valence-electron chi connectivity index (χ3n) is 4.41. The molecule has 0 aliphatic rings. The minimum absolute atomic E-state index is 0.130. The Morgan fingerprint density at radius 1 is 1.11 bits per heavy atom. The van der Waals surface area contributed by atoms with Crippen LogP contribution < -0.4 is 11.2 Å². The van der Waals surface area contributed by atoms with Crippen molar-refractivity contribution in [2.24, 2.45) is 0 Å². The van der Waals surface area contributed by atoms with Crippen molar-refractivity contribution in [2.45, 2.75) is 43.7 Å². The molecule has 0 aliphatic carbocycles. The molecule has 142 valence electrons. The Labute approximate surface area is 167 Å². The predicted molar refractivity (Wildman–Crippen MR) is 111 cm³/mol. The van der Waals surface area contributed by atoms with E-state index >= 15 is 0 Å². The Hall–Kier alpha value is -3.04. The van der Waals surface area contributed by atoms with E-state index < -0.39 is 5.69 Å². The first kappa shape index (κ1) is 19.7. The van der Waals surface area contributed by atoms with Crippen LogP contribution in [0.5, 0.6) is 0 Å². The predicted octanol–water partition coefficient (Wildman–Crippen LogP) is 3.79. The van der Waals surface area contributed by atoms with Crippen molar-refractivity contribution in [3.8, 4) is 6.07 Å². The van der Waals surface area contributed by atoms with E-state index in [4.69, 9.17) is 5.26 Å². The normalized spacial score (nSPS) is 10.6. The van der Waals surface area contributed by atoms with Crippen molar-refractivity contribution >= 4 is 11.8 Å². The molecule has 2 aromatic carbocycles. The zero-order valence-electron chi connectivity index (χ0n) is 16.1. The first-order valence-electron chi connectivity index (χ1n) is 9.02. The van der Waals surface area contributed by atoms with E-state index in [1.54, 1.807) is 24.3 Å². The van der Waals surface area contributed by atoms with E-state index in [9.17, 15) is 9.59 Å². The zero-order chi connectivity index (χ0) is 20.3. The topological polar surface area (TPSA) is 78.7 Å². The van der Waals surface area contributed by atoms with Crippen LogP contribution in [0.1, 0.15) is 34.7 Å². The summed E-state index contributed by atoms with van der Waals surface area (Å²) in [5.41, 5.74) is 3.35. The van der Waals surface area contributed by atoms with Gasteiger partial charge >= 0.3 is 5.69 Å². The Kier molecular flexibility index (Phi) is 5.86. The van der Waals surface area contributed by atoms with Crippen LogP contribution >= 0.6 is 11.8 Å². The highest BCUT2D eigenvalue weighted by molar-refractivity contribution is 7.99. The van der Waals surface area contributed by atoms with E-state index in [0.717, 1.165) is 21.6 Å². The SMILES string of the molecule is CCc1c(Sc2cc(C)cc(C)c2)[nH]c(=O)n(Cc2cccc(C#N)c2)c1=O. The average molecular weight is 391 g/mol. The van der Waals surface area contributed by atoms with Gasteiger partial charge in [-0.15, -0.1) is 0 Å². The standard InChI is InChI=1S/C22H21N3O2S/c1-4-19-20(28-18-9-14(2)8-15(3)10-18)24-22(27)25(21(19)26)13-17-7-5-6-16(11-17)12-23/h5-11H,4,13H2,1-3H3,(H,24,27). The average Bonchev–Trinajstić information content (AvgIpc) is 2.64. The molecule has 0 aliphatic heterocycles. The van der Waals surface area contributed by atoms with Crippen LogP contribution in [0.4, 0.5) is 0 Å². The van der Waals surface area contributed by atoms with Crippen LogP contribution in [0.15, 0.2) is 62.0 Å². The summed E-state index contributed by atoms with van der Waals surface area (Å²) in [6, 6.07) is 15.2. The fourth-order valence-corrected chi connectivity index (χ4v) is 4.38. The van der Waals surface area contributed by atoms with Gasteiger partial charge in [-0.05, 0) is 61.2 Å². The molecule has 0 unspecified atom stereocenters. The molecule has 3 aromatic rings. The summed E-state index contributed by atoms with van der Waals surface area (Å²) in [5.74, 6) is 0. The van der Waals surface area contributed by atoms with Gasteiger partial charge in [0, 0.05) is 10.5 Å². The van der Waals surface area contributed by atoms with Crippen LogP contribution in [0.25, 0.3) is 0 Å². The fourth-order valence-electron chi connectivity index (χ4n) is 3.17. The summed E-state index contributed by atoms with van der Waals surface area (Å²) < 4.78 is 1.20. The van der Waals surface area contributed by atoms with Gasteiger partial charge in [0.25, 0.3) is 5.56 Å². The molecule has 28 heavy (non-hydrogen) atoms. The summed E-state index contributed by atoms with van der Waals surface area (Å²) >= 11 is 1.40. The van der Waals surface area contributed by atoms with Crippen LogP contribution in [0, 0.1) is 25.2 Å². The number of nitriles is 1.